The summed E-state index contributed by atoms with van der Waals surface area (Å²) in [7, 11) is 0. The lowest BCUT2D eigenvalue weighted by atomic mass is 10.1. The minimum Gasteiger partial charge on any atom is -0.352 e. The molecule has 5 rings (SSSR count). The Hall–Kier alpha value is -3.40. The van der Waals surface area contributed by atoms with Gasteiger partial charge in [-0.2, -0.15) is 5.10 Å². The van der Waals surface area contributed by atoms with Crippen molar-refractivity contribution in [3.63, 3.8) is 0 Å². The fourth-order valence-electron chi connectivity index (χ4n) is 3.57. The van der Waals surface area contributed by atoms with Crippen LogP contribution in [0.3, 0.4) is 0 Å². The van der Waals surface area contributed by atoms with E-state index in [2.05, 4.69) is 10.1 Å². The molecule has 0 unspecified atom stereocenters. The summed E-state index contributed by atoms with van der Waals surface area (Å²) in [6, 6.07) is 21.6. The van der Waals surface area contributed by atoms with Gasteiger partial charge in [0.25, 0.3) is 0 Å². The van der Waals surface area contributed by atoms with E-state index in [9.17, 15) is 0 Å². The smallest absolute Gasteiger partial charge is 0.157 e. The first kappa shape index (κ1) is 14.9. The fraction of sp³-hybridized carbons (Fsp3) is 0.0455. The number of aryl methyl sites for hydroxylation is 1. The Balaban J connectivity index is 1.80. The van der Waals surface area contributed by atoms with Crippen LogP contribution in [0.5, 0.6) is 0 Å². The summed E-state index contributed by atoms with van der Waals surface area (Å²) in [5, 5.41) is 5.88. The zero-order chi connectivity index (χ0) is 17.7. The maximum absolute atomic E-state index is 15.4. The number of hydrogen-bond acceptors (Lipinski definition) is 1. The standard InChI is InChI=1S/C22H16FN3/c1-14-7-5-6-10-16(14)22-21(23)20-17-13-24-26(15-8-3-2-4-9-15)19(17)12-11-18(20)25-22/h2-13,25H,1H3. The number of halogens is 1. The van der Waals surface area contributed by atoms with E-state index in [1.165, 1.54) is 0 Å². The van der Waals surface area contributed by atoms with Gasteiger partial charge in [-0.15, -0.1) is 0 Å². The Labute approximate surface area is 149 Å². The molecule has 0 aliphatic carbocycles. The van der Waals surface area contributed by atoms with Crippen LogP contribution in [0.1, 0.15) is 5.56 Å². The summed E-state index contributed by atoms with van der Waals surface area (Å²) < 4.78 is 17.2. The minimum absolute atomic E-state index is 0.229. The SMILES string of the molecule is Cc1ccccc1-c1[nH]c2ccc3c(cnn3-c3ccccc3)c2c1F. The molecule has 0 radical (unpaired) electrons. The highest BCUT2D eigenvalue weighted by Gasteiger charge is 2.18. The van der Waals surface area contributed by atoms with Crippen LogP contribution in [0.25, 0.3) is 38.8 Å². The van der Waals surface area contributed by atoms with Gasteiger partial charge in [-0.05, 0) is 36.8 Å². The molecule has 3 nitrogen and oxygen atoms in total. The third-order valence-corrected chi connectivity index (χ3v) is 4.87. The zero-order valence-corrected chi connectivity index (χ0v) is 14.2. The number of benzene rings is 3. The second kappa shape index (κ2) is 5.56. The Morgan fingerprint density at radius 3 is 2.50 bits per heavy atom. The number of nitrogens with zero attached hydrogens (tertiary/aromatic N) is 2. The number of aromatic nitrogens is 3. The molecule has 2 aromatic heterocycles. The maximum atomic E-state index is 15.4. The molecule has 0 spiro atoms. The number of para-hydroxylation sites is 1. The predicted octanol–water partition coefficient (Wildman–Crippen LogP) is 5.62. The summed E-state index contributed by atoms with van der Waals surface area (Å²) >= 11 is 0. The van der Waals surface area contributed by atoms with Gasteiger partial charge in [0.2, 0.25) is 0 Å². The van der Waals surface area contributed by atoms with Crippen molar-refractivity contribution in [3.05, 3.63) is 84.3 Å². The molecule has 0 aliphatic rings. The lowest BCUT2D eigenvalue weighted by Gasteiger charge is -2.03. The van der Waals surface area contributed by atoms with Gasteiger partial charge in [-0.3, -0.25) is 0 Å². The summed E-state index contributed by atoms with van der Waals surface area (Å²) in [5.41, 5.74) is 5.06. The third kappa shape index (κ3) is 2.09. The van der Waals surface area contributed by atoms with E-state index < -0.39 is 0 Å². The molecule has 4 heteroatoms. The minimum atomic E-state index is -0.229. The van der Waals surface area contributed by atoms with Gasteiger partial charge < -0.3 is 4.98 Å². The van der Waals surface area contributed by atoms with Crippen LogP contribution in [0.4, 0.5) is 4.39 Å². The number of H-pyrrole nitrogens is 1. The van der Waals surface area contributed by atoms with Crippen molar-refractivity contribution in [2.75, 3.05) is 0 Å². The van der Waals surface area contributed by atoms with Crippen molar-refractivity contribution < 1.29 is 4.39 Å². The molecule has 0 atom stereocenters. The molecule has 0 aliphatic heterocycles. The Morgan fingerprint density at radius 1 is 0.923 bits per heavy atom. The van der Waals surface area contributed by atoms with E-state index in [1.54, 1.807) is 6.20 Å². The molecule has 0 saturated carbocycles. The summed E-state index contributed by atoms with van der Waals surface area (Å²) in [5.74, 6) is -0.229. The van der Waals surface area contributed by atoms with Crippen LogP contribution in [-0.2, 0) is 0 Å². The molecule has 0 bridgehead atoms. The number of rotatable bonds is 2. The largest absolute Gasteiger partial charge is 0.352 e. The first-order chi connectivity index (χ1) is 12.7. The van der Waals surface area contributed by atoms with Crippen molar-refractivity contribution in [1.29, 1.82) is 0 Å². The monoisotopic (exact) mass is 341 g/mol. The second-order valence-electron chi connectivity index (χ2n) is 6.44. The molecule has 1 N–H and O–H groups in total. The lowest BCUT2D eigenvalue weighted by Crippen LogP contribution is -1.94. The van der Waals surface area contributed by atoms with Gasteiger partial charge in [0.05, 0.1) is 23.1 Å². The van der Waals surface area contributed by atoms with E-state index >= 15 is 4.39 Å². The zero-order valence-electron chi connectivity index (χ0n) is 14.2. The molecule has 0 amide bonds. The Kier molecular flexibility index (Phi) is 3.19. The van der Waals surface area contributed by atoms with Crippen LogP contribution in [-0.4, -0.2) is 14.8 Å². The van der Waals surface area contributed by atoms with Gasteiger partial charge >= 0.3 is 0 Å². The number of fused-ring (bicyclic) bond motifs is 3. The maximum Gasteiger partial charge on any atom is 0.157 e. The van der Waals surface area contributed by atoms with E-state index in [0.717, 1.165) is 33.2 Å². The highest BCUT2D eigenvalue weighted by atomic mass is 19.1. The quantitative estimate of drug-likeness (QED) is 0.444. The van der Waals surface area contributed by atoms with Crippen LogP contribution in [0.15, 0.2) is 72.9 Å². The first-order valence-corrected chi connectivity index (χ1v) is 8.53. The third-order valence-electron chi connectivity index (χ3n) is 4.87. The van der Waals surface area contributed by atoms with Crippen LogP contribution in [0, 0.1) is 12.7 Å². The molecule has 5 aromatic rings. The van der Waals surface area contributed by atoms with Gasteiger partial charge in [0.1, 0.15) is 0 Å². The molecule has 26 heavy (non-hydrogen) atoms. The van der Waals surface area contributed by atoms with Crippen molar-refractivity contribution >= 4 is 21.8 Å². The van der Waals surface area contributed by atoms with E-state index in [1.807, 2.05) is 78.3 Å². The molecular formula is C22H16FN3. The molecule has 0 saturated heterocycles. The average Bonchev–Trinajstić information content (AvgIpc) is 3.24. The van der Waals surface area contributed by atoms with Crippen LogP contribution >= 0.6 is 0 Å². The Bertz CT molecular complexity index is 1250. The normalized spacial score (nSPS) is 11.5. The van der Waals surface area contributed by atoms with E-state index in [0.29, 0.717) is 11.1 Å². The molecule has 0 fully saturated rings. The van der Waals surface area contributed by atoms with Gasteiger partial charge in [-0.1, -0.05) is 42.5 Å². The van der Waals surface area contributed by atoms with Crippen LogP contribution in [0.2, 0.25) is 0 Å². The fourth-order valence-corrected chi connectivity index (χ4v) is 3.57. The number of aromatic amines is 1. The Morgan fingerprint density at radius 2 is 1.69 bits per heavy atom. The molecule has 2 heterocycles. The first-order valence-electron chi connectivity index (χ1n) is 8.53. The predicted molar refractivity (Wildman–Crippen MR) is 103 cm³/mol. The second-order valence-corrected chi connectivity index (χ2v) is 6.44. The number of nitrogens with one attached hydrogen (secondary N) is 1. The van der Waals surface area contributed by atoms with Crippen molar-refractivity contribution in [1.82, 2.24) is 14.8 Å². The molecule has 126 valence electrons. The van der Waals surface area contributed by atoms with Gasteiger partial charge in [0.15, 0.2) is 5.82 Å². The van der Waals surface area contributed by atoms with Gasteiger partial charge in [0, 0.05) is 21.9 Å². The highest BCUT2D eigenvalue weighted by Crippen LogP contribution is 2.35. The van der Waals surface area contributed by atoms with Crippen molar-refractivity contribution in [2.24, 2.45) is 0 Å². The average molecular weight is 341 g/mol. The molecule has 3 aromatic carbocycles. The van der Waals surface area contributed by atoms with Crippen molar-refractivity contribution in [3.8, 4) is 16.9 Å². The van der Waals surface area contributed by atoms with Crippen molar-refractivity contribution in [2.45, 2.75) is 6.92 Å². The van der Waals surface area contributed by atoms with Crippen LogP contribution < -0.4 is 0 Å². The topological polar surface area (TPSA) is 33.6 Å². The number of hydrogen-bond donors (Lipinski definition) is 1. The van der Waals surface area contributed by atoms with E-state index in [-0.39, 0.29) is 5.82 Å². The molecular weight excluding hydrogens is 325 g/mol. The van der Waals surface area contributed by atoms with E-state index in [4.69, 9.17) is 0 Å². The lowest BCUT2D eigenvalue weighted by molar-refractivity contribution is 0.643. The summed E-state index contributed by atoms with van der Waals surface area (Å²) in [6.07, 6.45) is 1.74. The summed E-state index contributed by atoms with van der Waals surface area (Å²) in [4.78, 5) is 3.25. The van der Waals surface area contributed by atoms with Gasteiger partial charge in [-0.25, -0.2) is 9.07 Å². The highest BCUT2D eigenvalue weighted by molar-refractivity contribution is 6.07. The summed E-state index contributed by atoms with van der Waals surface area (Å²) in [6.45, 7) is 1.99.